The first-order chi connectivity index (χ1) is 9.01. The minimum absolute atomic E-state index is 0.0319. The number of aliphatic hydroxyl groups excluding tert-OH is 1. The van der Waals surface area contributed by atoms with Crippen molar-refractivity contribution in [2.45, 2.75) is 18.4 Å². The molecular formula is C12H15N3O3S. The Kier molecular flexibility index (Phi) is 3.87. The van der Waals surface area contributed by atoms with Crippen molar-refractivity contribution in [3.63, 3.8) is 0 Å². The summed E-state index contributed by atoms with van der Waals surface area (Å²) in [5, 5.41) is 8.84. The third kappa shape index (κ3) is 3.33. The first-order valence-electron chi connectivity index (χ1n) is 5.75. The van der Waals surface area contributed by atoms with Crippen LogP contribution in [0, 0.1) is 6.92 Å². The predicted molar refractivity (Wildman–Crippen MR) is 71.4 cm³/mol. The number of aryl methyl sites for hydroxylation is 1. The topological polar surface area (TPSA) is 95.1 Å². The lowest BCUT2D eigenvalue weighted by Gasteiger charge is -2.06. The van der Waals surface area contributed by atoms with E-state index in [9.17, 15) is 8.42 Å². The van der Waals surface area contributed by atoms with Gasteiger partial charge in [0.05, 0.1) is 6.20 Å². The summed E-state index contributed by atoms with van der Waals surface area (Å²) in [6, 6.07) is 6.86. The van der Waals surface area contributed by atoms with Gasteiger partial charge in [0.2, 0.25) is 0 Å². The number of aliphatic hydroxyl groups is 1. The quantitative estimate of drug-likeness (QED) is 0.763. The number of H-pyrrole nitrogens is 1. The molecule has 0 aliphatic heterocycles. The maximum absolute atomic E-state index is 12.0. The molecular weight excluding hydrogens is 266 g/mol. The molecule has 6 nitrogen and oxygen atoms in total. The molecule has 0 fully saturated rings. The summed E-state index contributed by atoms with van der Waals surface area (Å²) in [5.74, 6) is 0.540. The van der Waals surface area contributed by atoms with Crippen molar-refractivity contribution in [2.75, 3.05) is 11.3 Å². The molecule has 19 heavy (non-hydrogen) atoms. The number of rotatable bonds is 5. The number of nitrogens with one attached hydrogen (secondary N) is 2. The second-order valence-corrected chi connectivity index (χ2v) is 5.76. The van der Waals surface area contributed by atoms with Gasteiger partial charge in [0, 0.05) is 12.3 Å². The lowest BCUT2D eigenvalue weighted by Crippen LogP contribution is -2.13. The van der Waals surface area contributed by atoms with Crippen LogP contribution < -0.4 is 4.72 Å². The van der Waals surface area contributed by atoms with Gasteiger partial charge in [0.15, 0.2) is 5.03 Å². The van der Waals surface area contributed by atoms with E-state index in [1.807, 2.05) is 0 Å². The molecule has 0 spiro atoms. The molecule has 0 aliphatic carbocycles. The van der Waals surface area contributed by atoms with Gasteiger partial charge in [-0.15, -0.1) is 0 Å². The van der Waals surface area contributed by atoms with Crippen LogP contribution in [0.15, 0.2) is 35.5 Å². The van der Waals surface area contributed by atoms with E-state index in [2.05, 4.69) is 14.7 Å². The van der Waals surface area contributed by atoms with E-state index in [0.29, 0.717) is 17.9 Å². The van der Waals surface area contributed by atoms with Gasteiger partial charge in [-0.3, -0.25) is 4.72 Å². The van der Waals surface area contributed by atoms with E-state index in [1.165, 1.54) is 6.20 Å². The van der Waals surface area contributed by atoms with Gasteiger partial charge in [-0.25, -0.2) is 4.98 Å². The highest BCUT2D eigenvalue weighted by atomic mass is 32.2. The van der Waals surface area contributed by atoms with E-state index >= 15 is 0 Å². The fraction of sp³-hybridized carbons (Fsp3) is 0.250. The molecule has 0 unspecified atom stereocenters. The van der Waals surface area contributed by atoms with E-state index in [1.54, 1.807) is 31.2 Å². The number of aromatic amines is 1. The first kappa shape index (κ1) is 13.6. The molecule has 0 amide bonds. The Morgan fingerprint density at radius 2 is 2.00 bits per heavy atom. The van der Waals surface area contributed by atoms with Crippen molar-refractivity contribution in [1.29, 1.82) is 0 Å². The third-order valence-electron chi connectivity index (χ3n) is 2.58. The molecule has 7 heteroatoms. The van der Waals surface area contributed by atoms with Crippen LogP contribution in [0.3, 0.4) is 0 Å². The molecule has 0 atom stereocenters. The van der Waals surface area contributed by atoms with Crippen LogP contribution in [0.2, 0.25) is 0 Å². The highest BCUT2D eigenvalue weighted by Gasteiger charge is 2.16. The van der Waals surface area contributed by atoms with E-state index < -0.39 is 10.0 Å². The minimum atomic E-state index is -3.64. The summed E-state index contributed by atoms with van der Waals surface area (Å²) in [4.78, 5) is 6.53. The number of hydrogen-bond acceptors (Lipinski definition) is 4. The average molecular weight is 281 g/mol. The van der Waals surface area contributed by atoms with Crippen LogP contribution in [0.4, 0.5) is 5.69 Å². The zero-order valence-corrected chi connectivity index (χ0v) is 11.2. The van der Waals surface area contributed by atoms with Gasteiger partial charge >= 0.3 is 0 Å². The Balaban J connectivity index is 2.16. The van der Waals surface area contributed by atoms with Crippen LogP contribution >= 0.6 is 0 Å². The largest absolute Gasteiger partial charge is 0.396 e. The summed E-state index contributed by atoms with van der Waals surface area (Å²) in [7, 11) is -3.64. The Morgan fingerprint density at radius 3 is 2.53 bits per heavy atom. The number of sulfonamides is 1. The predicted octanol–water partition coefficient (Wildman–Crippen LogP) is 1.05. The summed E-state index contributed by atoms with van der Waals surface area (Å²) in [6.07, 6.45) is 1.82. The monoisotopic (exact) mass is 281 g/mol. The number of hydrogen-bond donors (Lipinski definition) is 3. The van der Waals surface area contributed by atoms with Crippen LogP contribution in [-0.4, -0.2) is 30.1 Å². The Hall–Kier alpha value is -1.86. The van der Waals surface area contributed by atoms with Crippen LogP contribution in [-0.2, 0) is 16.4 Å². The summed E-state index contributed by atoms with van der Waals surface area (Å²) < 4.78 is 26.5. The molecule has 0 saturated heterocycles. The van der Waals surface area contributed by atoms with Crippen molar-refractivity contribution in [1.82, 2.24) is 9.97 Å². The number of imidazole rings is 1. The molecule has 1 aromatic carbocycles. The zero-order chi connectivity index (χ0) is 13.9. The fourth-order valence-corrected chi connectivity index (χ4v) is 2.64. The number of aromatic nitrogens is 2. The molecule has 2 aromatic rings. The first-order valence-corrected chi connectivity index (χ1v) is 7.24. The van der Waals surface area contributed by atoms with Gasteiger partial charge in [-0.05, 0) is 31.0 Å². The highest BCUT2D eigenvalue weighted by Crippen LogP contribution is 2.15. The lowest BCUT2D eigenvalue weighted by molar-refractivity contribution is 0.299. The minimum Gasteiger partial charge on any atom is -0.396 e. The Morgan fingerprint density at radius 1 is 1.32 bits per heavy atom. The smallest absolute Gasteiger partial charge is 0.278 e. The molecule has 1 heterocycles. The van der Waals surface area contributed by atoms with Crippen molar-refractivity contribution >= 4 is 15.7 Å². The molecule has 0 radical (unpaired) electrons. The summed E-state index contributed by atoms with van der Waals surface area (Å²) >= 11 is 0. The third-order valence-corrected chi connectivity index (χ3v) is 3.87. The lowest BCUT2D eigenvalue weighted by atomic mass is 10.1. The van der Waals surface area contributed by atoms with Crippen molar-refractivity contribution in [3.05, 3.63) is 41.9 Å². The maximum atomic E-state index is 12.0. The molecule has 3 N–H and O–H groups in total. The van der Waals surface area contributed by atoms with E-state index in [4.69, 9.17) is 5.11 Å². The van der Waals surface area contributed by atoms with Crippen LogP contribution in [0.25, 0.3) is 0 Å². The second kappa shape index (κ2) is 5.41. The second-order valence-electron chi connectivity index (χ2n) is 4.11. The van der Waals surface area contributed by atoms with Gasteiger partial charge < -0.3 is 10.1 Å². The highest BCUT2D eigenvalue weighted by molar-refractivity contribution is 7.92. The number of anilines is 1. The Bertz CT molecular complexity index is 647. The van der Waals surface area contributed by atoms with Crippen molar-refractivity contribution in [3.8, 4) is 0 Å². The molecule has 0 aliphatic rings. The normalized spacial score (nSPS) is 11.5. The summed E-state index contributed by atoms with van der Waals surface area (Å²) in [6.45, 7) is 1.75. The number of nitrogens with zero attached hydrogens (tertiary/aromatic N) is 1. The molecule has 1 aromatic heterocycles. The summed E-state index contributed by atoms with van der Waals surface area (Å²) in [5.41, 5.74) is 1.41. The van der Waals surface area contributed by atoms with E-state index in [-0.39, 0.29) is 11.6 Å². The SMILES string of the molecule is Cc1ncc(S(=O)(=O)Nc2ccc(CCO)cc2)[nH]1. The zero-order valence-electron chi connectivity index (χ0n) is 10.4. The van der Waals surface area contributed by atoms with Crippen molar-refractivity contribution in [2.24, 2.45) is 0 Å². The van der Waals surface area contributed by atoms with E-state index in [0.717, 1.165) is 5.56 Å². The standard InChI is InChI=1S/C12H15N3O3S/c1-9-13-8-12(14-9)19(17,18)15-11-4-2-10(3-5-11)6-7-16/h2-5,8,15-16H,6-7H2,1H3,(H,13,14). The van der Waals surface area contributed by atoms with Gasteiger partial charge in [0.25, 0.3) is 10.0 Å². The maximum Gasteiger partial charge on any atom is 0.278 e. The molecule has 0 bridgehead atoms. The van der Waals surface area contributed by atoms with Crippen molar-refractivity contribution < 1.29 is 13.5 Å². The molecule has 2 rings (SSSR count). The molecule has 0 saturated carbocycles. The Labute approximate surface area is 111 Å². The number of benzene rings is 1. The average Bonchev–Trinajstić information content (AvgIpc) is 2.79. The van der Waals surface area contributed by atoms with Gasteiger partial charge in [-0.2, -0.15) is 8.42 Å². The van der Waals surface area contributed by atoms with Crippen LogP contribution in [0.5, 0.6) is 0 Å². The molecule has 102 valence electrons. The fourth-order valence-electron chi connectivity index (χ4n) is 1.61. The van der Waals surface area contributed by atoms with Gasteiger partial charge in [-0.1, -0.05) is 12.1 Å². The van der Waals surface area contributed by atoms with Crippen LogP contribution in [0.1, 0.15) is 11.4 Å². The van der Waals surface area contributed by atoms with Gasteiger partial charge in [0.1, 0.15) is 5.82 Å².